The number of nitrogens with zero attached hydrogens (tertiary/aromatic N) is 2. The first-order valence-electron chi connectivity index (χ1n) is 12.9. The van der Waals surface area contributed by atoms with Crippen molar-refractivity contribution in [2.24, 2.45) is 0 Å². The van der Waals surface area contributed by atoms with Crippen LogP contribution in [0.4, 0.5) is 5.69 Å². The minimum absolute atomic E-state index is 0.160. The van der Waals surface area contributed by atoms with E-state index in [1.54, 1.807) is 85.7 Å². The SMILES string of the molecule is CCN(c1ccc(Cl)cc1CN(Cc1ccco1)C(C)=O)S(=O)(=O)c1cccc(C)c1.CCOC(=O)c1ccco1. The van der Waals surface area contributed by atoms with E-state index >= 15 is 0 Å². The van der Waals surface area contributed by atoms with Crippen molar-refractivity contribution in [2.75, 3.05) is 17.5 Å². The zero-order chi connectivity index (χ0) is 30.0. The van der Waals surface area contributed by atoms with Crippen LogP contribution in [0.25, 0.3) is 0 Å². The molecule has 0 spiro atoms. The molecular weight excluding hydrogens is 568 g/mol. The van der Waals surface area contributed by atoms with Crippen molar-refractivity contribution in [1.82, 2.24) is 4.90 Å². The van der Waals surface area contributed by atoms with Crippen molar-refractivity contribution in [1.29, 1.82) is 0 Å². The van der Waals surface area contributed by atoms with Gasteiger partial charge < -0.3 is 18.5 Å². The maximum atomic E-state index is 13.4. The van der Waals surface area contributed by atoms with Crippen LogP contribution in [0, 0.1) is 6.92 Å². The fraction of sp³-hybridized carbons (Fsp3) is 0.267. The van der Waals surface area contributed by atoms with E-state index in [-0.39, 0.29) is 36.2 Å². The minimum atomic E-state index is -3.80. The number of amides is 1. The van der Waals surface area contributed by atoms with Crippen LogP contribution in [0.2, 0.25) is 5.02 Å². The molecule has 0 radical (unpaired) electrons. The van der Waals surface area contributed by atoms with Gasteiger partial charge in [0.1, 0.15) is 5.76 Å². The minimum Gasteiger partial charge on any atom is -0.467 e. The second-order valence-electron chi connectivity index (χ2n) is 8.91. The van der Waals surface area contributed by atoms with Crippen molar-refractivity contribution >= 4 is 39.2 Å². The number of halogens is 1. The molecule has 0 saturated carbocycles. The Labute approximate surface area is 245 Å². The number of carbonyl (C=O) groups is 2. The van der Waals surface area contributed by atoms with Crippen LogP contribution in [0.1, 0.15) is 48.2 Å². The first kappa shape index (κ1) is 31.5. The van der Waals surface area contributed by atoms with Gasteiger partial charge in [-0.3, -0.25) is 9.10 Å². The standard InChI is InChI=1S/C23H25ClN2O4S.C7H8O3/c1-4-26(31(28,29)22-9-5-7-17(2)13-22)23-11-10-20(24)14-19(23)15-25(18(3)27)16-21-8-6-12-30-21;1-2-9-7(8)6-4-3-5-10-6/h5-14H,4,15-16H2,1-3H3;3-5H,2H2,1H3. The molecule has 11 heteroatoms. The smallest absolute Gasteiger partial charge is 0.374 e. The topological polar surface area (TPSA) is 110 Å². The van der Waals surface area contributed by atoms with E-state index in [0.717, 1.165) is 5.56 Å². The number of sulfonamides is 1. The third kappa shape index (κ3) is 8.48. The second-order valence-corrected chi connectivity index (χ2v) is 11.2. The monoisotopic (exact) mass is 600 g/mol. The molecular formula is C30H33ClN2O7S. The maximum absolute atomic E-state index is 13.4. The Hall–Kier alpha value is -4.02. The molecule has 0 fully saturated rings. The molecule has 1 amide bonds. The molecule has 2 aromatic heterocycles. The van der Waals surface area contributed by atoms with E-state index in [2.05, 4.69) is 4.74 Å². The van der Waals surface area contributed by atoms with Gasteiger partial charge in [0.15, 0.2) is 0 Å². The van der Waals surface area contributed by atoms with E-state index in [4.69, 9.17) is 20.4 Å². The Morgan fingerprint density at radius 2 is 1.66 bits per heavy atom. The summed E-state index contributed by atoms with van der Waals surface area (Å²) in [5.41, 5.74) is 1.97. The van der Waals surface area contributed by atoms with Crippen molar-refractivity contribution in [3.63, 3.8) is 0 Å². The van der Waals surface area contributed by atoms with Gasteiger partial charge in [-0.05, 0) is 86.5 Å². The summed E-state index contributed by atoms with van der Waals surface area (Å²) in [6.45, 7) is 7.90. The lowest BCUT2D eigenvalue weighted by Crippen LogP contribution is -2.33. The van der Waals surface area contributed by atoms with Crippen LogP contribution >= 0.6 is 11.6 Å². The maximum Gasteiger partial charge on any atom is 0.374 e. The van der Waals surface area contributed by atoms with Crippen LogP contribution < -0.4 is 4.31 Å². The van der Waals surface area contributed by atoms with Crippen LogP contribution in [-0.4, -0.2) is 38.3 Å². The summed E-state index contributed by atoms with van der Waals surface area (Å²) in [6, 6.07) is 18.6. The Balaban J connectivity index is 0.000000389. The van der Waals surface area contributed by atoms with Crippen LogP contribution in [0.5, 0.6) is 0 Å². The van der Waals surface area contributed by atoms with Gasteiger partial charge in [0, 0.05) is 25.0 Å². The number of furan rings is 2. The molecule has 0 aliphatic heterocycles. The molecule has 0 bridgehead atoms. The third-order valence-corrected chi connectivity index (χ3v) is 8.03. The van der Waals surface area contributed by atoms with E-state index in [1.807, 2.05) is 13.0 Å². The highest BCUT2D eigenvalue weighted by molar-refractivity contribution is 7.92. The summed E-state index contributed by atoms with van der Waals surface area (Å²) in [4.78, 5) is 24.9. The Kier molecular flexibility index (Phi) is 11.2. The molecule has 0 aliphatic carbocycles. The Bertz CT molecular complexity index is 1530. The Morgan fingerprint density at radius 3 is 2.24 bits per heavy atom. The number of esters is 1. The zero-order valence-electron chi connectivity index (χ0n) is 23.4. The molecule has 0 aliphatic rings. The third-order valence-electron chi connectivity index (χ3n) is 5.91. The van der Waals surface area contributed by atoms with E-state index in [0.29, 0.717) is 28.6 Å². The number of rotatable bonds is 10. The predicted molar refractivity (Wildman–Crippen MR) is 156 cm³/mol. The Morgan fingerprint density at radius 1 is 0.927 bits per heavy atom. The highest BCUT2D eigenvalue weighted by Gasteiger charge is 2.27. The highest BCUT2D eigenvalue weighted by Crippen LogP contribution is 2.31. The lowest BCUT2D eigenvalue weighted by Gasteiger charge is -2.28. The highest BCUT2D eigenvalue weighted by atomic mass is 35.5. The van der Waals surface area contributed by atoms with Crippen molar-refractivity contribution in [2.45, 2.75) is 45.7 Å². The number of hydrogen-bond acceptors (Lipinski definition) is 7. The summed E-state index contributed by atoms with van der Waals surface area (Å²) in [5, 5.41) is 0.462. The van der Waals surface area contributed by atoms with E-state index in [9.17, 15) is 18.0 Å². The van der Waals surface area contributed by atoms with Crippen molar-refractivity contribution in [3.8, 4) is 0 Å². The number of aryl methyl sites for hydroxylation is 1. The van der Waals surface area contributed by atoms with Gasteiger partial charge in [-0.15, -0.1) is 0 Å². The van der Waals surface area contributed by atoms with Gasteiger partial charge in [0.25, 0.3) is 10.0 Å². The fourth-order valence-corrected chi connectivity index (χ4v) is 5.78. The average molecular weight is 601 g/mol. The van der Waals surface area contributed by atoms with Crippen LogP contribution in [0.3, 0.4) is 0 Å². The molecule has 41 heavy (non-hydrogen) atoms. The quantitative estimate of drug-likeness (QED) is 0.192. The summed E-state index contributed by atoms with van der Waals surface area (Å²) in [5.74, 6) is 0.319. The predicted octanol–water partition coefficient (Wildman–Crippen LogP) is 6.46. The molecule has 2 heterocycles. The fourth-order valence-electron chi connectivity index (χ4n) is 3.97. The summed E-state index contributed by atoms with van der Waals surface area (Å²) in [7, 11) is -3.80. The molecule has 0 unspecified atom stereocenters. The van der Waals surface area contributed by atoms with Gasteiger partial charge >= 0.3 is 5.97 Å². The van der Waals surface area contributed by atoms with Gasteiger partial charge in [0.2, 0.25) is 11.7 Å². The summed E-state index contributed by atoms with van der Waals surface area (Å²) < 4.78 is 43.0. The number of carbonyl (C=O) groups excluding carboxylic acids is 2. The van der Waals surface area contributed by atoms with Gasteiger partial charge in [-0.25, -0.2) is 13.2 Å². The molecule has 9 nitrogen and oxygen atoms in total. The summed E-state index contributed by atoms with van der Waals surface area (Å²) >= 11 is 6.23. The average Bonchev–Trinajstić information content (AvgIpc) is 3.65. The zero-order valence-corrected chi connectivity index (χ0v) is 24.9. The first-order valence-corrected chi connectivity index (χ1v) is 14.7. The lowest BCUT2D eigenvalue weighted by molar-refractivity contribution is -0.130. The molecule has 0 saturated heterocycles. The molecule has 0 atom stereocenters. The van der Waals surface area contributed by atoms with Gasteiger partial charge in [-0.2, -0.15) is 0 Å². The lowest BCUT2D eigenvalue weighted by atomic mass is 10.1. The van der Waals surface area contributed by atoms with Gasteiger partial charge in [0.05, 0.1) is 36.3 Å². The van der Waals surface area contributed by atoms with Crippen LogP contribution in [0.15, 0.2) is 93.0 Å². The number of benzene rings is 2. The summed E-state index contributed by atoms with van der Waals surface area (Å²) in [6.07, 6.45) is 2.98. The second kappa shape index (κ2) is 14.6. The van der Waals surface area contributed by atoms with Crippen molar-refractivity contribution in [3.05, 3.63) is 107 Å². The van der Waals surface area contributed by atoms with Crippen LogP contribution in [-0.2, 0) is 32.6 Å². The molecule has 4 aromatic rings. The van der Waals surface area contributed by atoms with Crippen molar-refractivity contribution < 1.29 is 31.6 Å². The largest absolute Gasteiger partial charge is 0.467 e. The first-order chi connectivity index (χ1) is 19.6. The number of hydrogen-bond donors (Lipinski definition) is 0. The van der Waals surface area contributed by atoms with Gasteiger partial charge in [-0.1, -0.05) is 23.7 Å². The number of ether oxygens (including phenoxy) is 1. The molecule has 0 N–H and O–H groups in total. The van der Waals surface area contributed by atoms with E-state index in [1.165, 1.54) is 17.5 Å². The molecule has 2 aromatic carbocycles. The normalized spacial score (nSPS) is 10.9. The molecule has 4 rings (SSSR count). The molecule has 218 valence electrons. The number of anilines is 1. The van der Waals surface area contributed by atoms with E-state index < -0.39 is 16.0 Å².